The molecule has 1 N–H and O–H groups in total. The summed E-state index contributed by atoms with van der Waals surface area (Å²) in [6.07, 6.45) is 5.63. The number of nitrogens with one attached hydrogen (secondary N) is 1. The van der Waals surface area contributed by atoms with E-state index in [2.05, 4.69) is 22.3 Å². The molecule has 3 aromatic rings. The van der Waals surface area contributed by atoms with Crippen LogP contribution in [0.15, 0.2) is 40.6 Å². The fourth-order valence-electron chi connectivity index (χ4n) is 2.09. The molecular weight excluding hydrogens is 284 g/mol. The van der Waals surface area contributed by atoms with Gasteiger partial charge in [-0.2, -0.15) is 5.10 Å². The highest BCUT2D eigenvalue weighted by atomic mass is 32.1. The molecule has 0 spiro atoms. The Labute approximate surface area is 127 Å². The van der Waals surface area contributed by atoms with Gasteiger partial charge in [0.15, 0.2) is 0 Å². The fourth-order valence-corrected chi connectivity index (χ4v) is 2.75. The third-order valence-corrected chi connectivity index (χ3v) is 4.00. The average Bonchev–Trinajstić information content (AvgIpc) is 3.17. The van der Waals surface area contributed by atoms with Crippen molar-refractivity contribution >= 4 is 11.3 Å². The van der Waals surface area contributed by atoms with E-state index in [9.17, 15) is 0 Å². The van der Waals surface area contributed by atoms with Gasteiger partial charge in [0.25, 0.3) is 0 Å². The molecule has 0 aromatic carbocycles. The molecule has 0 bridgehead atoms. The van der Waals surface area contributed by atoms with Gasteiger partial charge in [0.05, 0.1) is 23.3 Å². The van der Waals surface area contributed by atoms with Gasteiger partial charge in [-0.1, -0.05) is 6.07 Å². The average molecular weight is 302 g/mol. The van der Waals surface area contributed by atoms with E-state index >= 15 is 0 Å². The maximum Gasteiger partial charge on any atom is 0.236 e. The molecule has 0 aliphatic rings. The molecular formula is C15H18N4OS. The molecule has 21 heavy (non-hydrogen) atoms. The highest BCUT2D eigenvalue weighted by Crippen LogP contribution is 2.23. The van der Waals surface area contributed by atoms with Crippen LogP contribution in [-0.2, 0) is 13.1 Å². The van der Waals surface area contributed by atoms with E-state index in [4.69, 9.17) is 4.42 Å². The van der Waals surface area contributed by atoms with E-state index in [0.29, 0.717) is 18.5 Å². The van der Waals surface area contributed by atoms with Crippen molar-refractivity contribution in [2.45, 2.75) is 33.0 Å². The van der Waals surface area contributed by atoms with Gasteiger partial charge < -0.3 is 9.73 Å². The predicted molar refractivity (Wildman–Crippen MR) is 83.1 cm³/mol. The molecule has 3 aromatic heterocycles. The molecule has 0 aliphatic heterocycles. The van der Waals surface area contributed by atoms with Crippen molar-refractivity contribution in [1.82, 2.24) is 20.1 Å². The van der Waals surface area contributed by atoms with Crippen molar-refractivity contribution in [3.05, 3.63) is 47.4 Å². The van der Waals surface area contributed by atoms with E-state index in [1.807, 2.05) is 41.5 Å². The van der Waals surface area contributed by atoms with Crippen LogP contribution >= 0.6 is 11.3 Å². The second-order valence-electron chi connectivity index (χ2n) is 5.14. The minimum absolute atomic E-state index is 0.311. The lowest BCUT2D eigenvalue weighted by Crippen LogP contribution is -2.30. The molecule has 3 rings (SSSR count). The van der Waals surface area contributed by atoms with Gasteiger partial charge >= 0.3 is 0 Å². The summed E-state index contributed by atoms with van der Waals surface area (Å²) in [5.41, 5.74) is 2.10. The van der Waals surface area contributed by atoms with Crippen LogP contribution in [0.2, 0.25) is 0 Å². The Morgan fingerprint density at radius 3 is 3.10 bits per heavy atom. The minimum Gasteiger partial charge on any atom is -0.444 e. The molecule has 1 unspecified atom stereocenters. The number of rotatable bonds is 6. The van der Waals surface area contributed by atoms with Gasteiger partial charge in [-0.25, -0.2) is 4.98 Å². The largest absolute Gasteiger partial charge is 0.444 e. The summed E-state index contributed by atoms with van der Waals surface area (Å²) in [7, 11) is 0. The Balaban J connectivity index is 1.53. The topological polar surface area (TPSA) is 55.9 Å². The summed E-state index contributed by atoms with van der Waals surface area (Å²) in [5.74, 6) is 0.692. The highest BCUT2D eigenvalue weighted by molar-refractivity contribution is 7.13. The molecule has 5 nitrogen and oxygen atoms in total. The number of thiophene rings is 1. The Hall–Kier alpha value is -1.92. The maximum atomic E-state index is 5.50. The molecule has 110 valence electrons. The van der Waals surface area contributed by atoms with Crippen LogP contribution in [0.25, 0.3) is 10.8 Å². The number of hydrogen-bond acceptors (Lipinski definition) is 5. The van der Waals surface area contributed by atoms with Gasteiger partial charge in [0.1, 0.15) is 6.26 Å². The Bertz CT molecular complexity index is 686. The summed E-state index contributed by atoms with van der Waals surface area (Å²) in [6, 6.07) is 4.32. The van der Waals surface area contributed by atoms with E-state index in [1.54, 1.807) is 17.6 Å². The third-order valence-electron chi connectivity index (χ3n) is 3.14. The number of aryl methyl sites for hydroxylation is 1. The summed E-state index contributed by atoms with van der Waals surface area (Å²) < 4.78 is 7.46. The van der Waals surface area contributed by atoms with Crippen LogP contribution < -0.4 is 5.32 Å². The maximum absolute atomic E-state index is 5.50. The van der Waals surface area contributed by atoms with Crippen LogP contribution in [0.5, 0.6) is 0 Å². The zero-order chi connectivity index (χ0) is 14.7. The van der Waals surface area contributed by atoms with Crippen molar-refractivity contribution in [2.24, 2.45) is 0 Å². The van der Waals surface area contributed by atoms with Crippen LogP contribution in [0.4, 0.5) is 0 Å². The van der Waals surface area contributed by atoms with Gasteiger partial charge in [0.2, 0.25) is 5.89 Å². The third kappa shape index (κ3) is 3.59. The molecule has 0 saturated heterocycles. The van der Waals surface area contributed by atoms with Crippen LogP contribution in [0, 0.1) is 6.92 Å². The molecule has 0 amide bonds. The molecule has 3 heterocycles. The van der Waals surface area contributed by atoms with E-state index < -0.39 is 0 Å². The lowest BCUT2D eigenvalue weighted by Gasteiger charge is -2.12. The summed E-state index contributed by atoms with van der Waals surface area (Å²) in [4.78, 5) is 5.55. The predicted octanol–water partition coefficient (Wildman–Crippen LogP) is 3.09. The number of aromatic nitrogens is 3. The molecule has 1 atom stereocenters. The first-order valence-electron chi connectivity index (χ1n) is 6.91. The molecule has 0 saturated carbocycles. The van der Waals surface area contributed by atoms with Gasteiger partial charge in [-0.15, -0.1) is 11.3 Å². The van der Waals surface area contributed by atoms with Gasteiger partial charge in [-0.05, 0) is 30.9 Å². The zero-order valence-corrected chi connectivity index (χ0v) is 12.9. The summed E-state index contributed by atoms with van der Waals surface area (Å²) in [6.45, 7) is 5.71. The van der Waals surface area contributed by atoms with E-state index in [0.717, 1.165) is 17.1 Å². The first kappa shape index (κ1) is 14.0. The molecule has 0 fully saturated rings. The van der Waals surface area contributed by atoms with Crippen LogP contribution in [0.3, 0.4) is 0 Å². The van der Waals surface area contributed by atoms with E-state index in [1.165, 1.54) is 5.56 Å². The number of oxazole rings is 1. The van der Waals surface area contributed by atoms with Crippen molar-refractivity contribution in [3.8, 4) is 10.8 Å². The van der Waals surface area contributed by atoms with Crippen LogP contribution in [-0.4, -0.2) is 20.8 Å². The van der Waals surface area contributed by atoms with Crippen LogP contribution in [0.1, 0.15) is 18.2 Å². The second kappa shape index (κ2) is 6.24. The van der Waals surface area contributed by atoms with Crippen molar-refractivity contribution in [3.63, 3.8) is 0 Å². The normalized spacial score (nSPS) is 12.7. The van der Waals surface area contributed by atoms with E-state index in [-0.39, 0.29) is 0 Å². The SMILES string of the molecule is Cc1cnn(CC(C)NCc2coc(-c3cccs3)n2)c1. The Kier molecular flexibility index (Phi) is 4.17. The fraction of sp³-hybridized carbons (Fsp3) is 0.333. The summed E-state index contributed by atoms with van der Waals surface area (Å²) in [5, 5.41) is 9.75. The Morgan fingerprint density at radius 2 is 2.38 bits per heavy atom. The van der Waals surface area contributed by atoms with Crippen molar-refractivity contribution in [1.29, 1.82) is 0 Å². The smallest absolute Gasteiger partial charge is 0.236 e. The summed E-state index contributed by atoms with van der Waals surface area (Å²) >= 11 is 1.63. The van der Waals surface area contributed by atoms with Gasteiger partial charge in [-0.3, -0.25) is 4.68 Å². The number of nitrogens with zero attached hydrogens (tertiary/aromatic N) is 3. The quantitative estimate of drug-likeness (QED) is 0.760. The first-order valence-corrected chi connectivity index (χ1v) is 7.79. The lowest BCUT2D eigenvalue weighted by atomic mass is 10.3. The lowest BCUT2D eigenvalue weighted by molar-refractivity contribution is 0.448. The Morgan fingerprint density at radius 1 is 1.48 bits per heavy atom. The molecule has 0 radical (unpaired) electrons. The molecule has 6 heteroatoms. The first-order chi connectivity index (χ1) is 10.2. The number of hydrogen-bond donors (Lipinski definition) is 1. The monoisotopic (exact) mass is 302 g/mol. The highest BCUT2D eigenvalue weighted by Gasteiger charge is 2.09. The minimum atomic E-state index is 0.311. The van der Waals surface area contributed by atoms with Crippen molar-refractivity contribution in [2.75, 3.05) is 0 Å². The van der Waals surface area contributed by atoms with Gasteiger partial charge in [0, 0.05) is 18.8 Å². The second-order valence-corrected chi connectivity index (χ2v) is 6.09. The molecule has 0 aliphatic carbocycles. The standard InChI is InChI=1S/C15H18N4OS/c1-11-6-17-19(8-11)9-12(2)16-7-13-10-20-15(18-13)14-4-3-5-21-14/h3-6,8,10,12,16H,7,9H2,1-2H3. The van der Waals surface area contributed by atoms with Crippen molar-refractivity contribution < 1.29 is 4.42 Å². The zero-order valence-electron chi connectivity index (χ0n) is 12.1.